The third-order valence-corrected chi connectivity index (χ3v) is 5.49. The first-order valence-electron chi connectivity index (χ1n) is 10.1. The van der Waals surface area contributed by atoms with E-state index in [1.807, 2.05) is 43.5 Å². The fourth-order valence-corrected chi connectivity index (χ4v) is 3.96. The minimum atomic E-state index is -0.475. The molecule has 0 bridgehead atoms. The molecule has 0 aliphatic heterocycles. The molecule has 1 amide bonds. The maximum absolute atomic E-state index is 12.9. The van der Waals surface area contributed by atoms with Crippen LogP contribution < -0.4 is 15.8 Å². The second-order valence-electron chi connectivity index (χ2n) is 7.00. The number of nitrogens with one attached hydrogen (secondary N) is 1. The van der Waals surface area contributed by atoms with Gasteiger partial charge in [0, 0.05) is 16.5 Å². The molecular weight excluding hydrogens is 412 g/mol. The van der Waals surface area contributed by atoms with Crippen LogP contribution in [0.5, 0.6) is 5.75 Å². The fourth-order valence-electron chi connectivity index (χ4n) is 3.01. The van der Waals surface area contributed by atoms with E-state index in [0.29, 0.717) is 34.2 Å². The third kappa shape index (κ3) is 5.24. The topological polar surface area (TPSA) is 90.6 Å². The zero-order chi connectivity index (χ0) is 22.4. The van der Waals surface area contributed by atoms with Gasteiger partial charge in [-0.1, -0.05) is 36.8 Å². The van der Waals surface area contributed by atoms with Crippen LogP contribution in [0.1, 0.15) is 46.5 Å². The van der Waals surface area contributed by atoms with Gasteiger partial charge in [-0.3, -0.25) is 4.79 Å². The first-order chi connectivity index (χ1) is 14.9. The summed E-state index contributed by atoms with van der Waals surface area (Å²) >= 11 is 1.28. The average molecular weight is 439 g/mol. The lowest BCUT2D eigenvalue weighted by Crippen LogP contribution is -2.15. The van der Waals surface area contributed by atoms with Gasteiger partial charge in [0.25, 0.3) is 5.91 Å². The number of nitrogen functional groups attached to an aromatic ring is 1. The van der Waals surface area contributed by atoms with Crippen molar-refractivity contribution in [2.24, 2.45) is 0 Å². The number of rotatable bonds is 8. The van der Waals surface area contributed by atoms with Crippen molar-refractivity contribution in [2.45, 2.75) is 27.2 Å². The Bertz CT molecular complexity index is 1070. The van der Waals surface area contributed by atoms with Crippen LogP contribution in [0.25, 0.3) is 11.1 Å². The van der Waals surface area contributed by atoms with Gasteiger partial charge in [0.2, 0.25) is 0 Å². The number of ether oxygens (including phenoxy) is 2. The van der Waals surface area contributed by atoms with E-state index in [1.54, 1.807) is 25.1 Å². The summed E-state index contributed by atoms with van der Waals surface area (Å²) in [6.45, 7) is 6.55. The van der Waals surface area contributed by atoms with E-state index >= 15 is 0 Å². The molecule has 6 nitrogen and oxygen atoms in total. The summed E-state index contributed by atoms with van der Waals surface area (Å²) in [5.41, 5.74) is 9.86. The van der Waals surface area contributed by atoms with Crippen LogP contribution in [0.2, 0.25) is 0 Å². The molecule has 3 aromatic rings. The Kier molecular flexibility index (Phi) is 7.31. The molecule has 1 aromatic heterocycles. The zero-order valence-corrected chi connectivity index (χ0v) is 18.7. The maximum Gasteiger partial charge on any atom is 0.341 e. The van der Waals surface area contributed by atoms with Crippen LogP contribution in [0.3, 0.4) is 0 Å². The lowest BCUT2D eigenvalue weighted by atomic mass is 10.0. The van der Waals surface area contributed by atoms with Crippen LogP contribution in [-0.4, -0.2) is 25.1 Å². The van der Waals surface area contributed by atoms with Crippen LogP contribution in [0, 0.1) is 6.92 Å². The van der Waals surface area contributed by atoms with Crippen molar-refractivity contribution in [3.8, 4) is 16.9 Å². The molecule has 2 aromatic carbocycles. The second kappa shape index (κ2) is 10.1. The lowest BCUT2D eigenvalue weighted by molar-refractivity contribution is 0.0529. The predicted molar refractivity (Wildman–Crippen MR) is 125 cm³/mol. The summed E-state index contributed by atoms with van der Waals surface area (Å²) in [5.74, 6) is -0.294. The first kappa shape index (κ1) is 22.4. The van der Waals surface area contributed by atoms with Gasteiger partial charge in [-0.2, -0.15) is 0 Å². The van der Waals surface area contributed by atoms with Gasteiger partial charge in [-0.05, 0) is 44.0 Å². The van der Waals surface area contributed by atoms with Gasteiger partial charge >= 0.3 is 5.97 Å². The molecule has 0 atom stereocenters. The molecule has 0 aliphatic carbocycles. The Morgan fingerprint density at radius 2 is 1.84 bits per heavy atom. The number of hydrogen-bond donors (Lipinski definition) is 2. The molecule has 3 N–H and O–H groups in total. The Morgan fingerprint density at radius 1 is 1.10 bits per heavy atom. The quantitative estimate of drug-likeness (QED) is 0.357. The van der Waals surface area contributed by atoms with Gasteiger partial charge < -0.3 is 20.5 Å². The number of carbonyl (C=O) groups excluding carboxylic acids is 2. The van der Waals surface area contributed by atoms with Crippen molar-refractivity contribution in [2.75, 3.05) is 24.3 Å². The summed E-state index contributed by atoms with van der Waals surface area (Å²) in [6, 6.07) is 12.7. The molecule has 162 valence electrons. The van der Waals surface area contributed by atoms with Crippen molar-refractivity contribution in [1.82, 2.24) is 0 Å². The second-order valence-corrected chi connectivity index (χ2v) is 7.87. The van der Waals surface area contributed by atoms with E-state index in [-0.39, 0.29) is 12.5 Å². The highest BCUT2D eigenvalue weighted by Gasteiger charge is 2.23. The Morgan fingerprint density at radius 3 is 2.48 bits per heavy atom. The Labute approximate surface area is 186 Å². The van der Waals surface area contributed by atoms with Crippen molar-refractivity contribution in [3.05, 3.63) is 64.5 Å². The maximum atomic E-state index is 12.9. The predicted octanol–water partition coefficient (Wildman–Crippen LogP) is 5.52. The van der Waals surface area contributed by atoms with Crippen molar-refractivity contribution < 1.29 is 19.1 Å². The van der Waals surface area contributed by atoms with Crippen LogP contribution in [0.15, 0.2) is 47.8 Å². The van der Waals surface area contributed by atoms with E-state index in [4.69, 9.17) is 15.2 Å². The number of hydrogen-bond acceptors (Lipinski definition) is 6. The molecule has 3 rings (SSSR count). The molecule has 0 unspecified atom stereocenters. The van der Waals surface area contributed by atoms with Gasteiger partial charge in [0.1, 0.15) is 16.3 Å². The fraction of sp³-hybridized carbons (Fsp3) is 0.250. The van der Waals surface area contributed by atoms with Crippen LogP contribution in [-0.2, 0) is 4.74 Å². The summed E-state index contributed by atoms with van der Waals surface area (Å²) in [6.07, 6.45) is 0.861. The Balaban J connectivity index is 1.90. The van der Waals surface area contributed by atoms with E-state index in [9.17, 15) is 9.59 Å². The summed E-state index contributed by atoms with van der Waals surface area (Å²) in [5, 5.41) is 5.12. The molecule has 0 spiro atoms. The summed E-state index contributed by atoms with van der Waals surface area (Å²) < 4.78 is 10.8. The molecule has 0 aliphatic rings. The highest BCUT2D eigenvalue weighted by Crippen LogP contribution is 2.37. The van der Waals surface area contributed by atoms with Crippen molar-refractivity contribution in [1.29, 1.82) is 0 Å². The highest BCUT2D eigenvalue weighted by molar-refractivity contribution is 7.15. The number of benzene rings is 2. The molecule has 0 radical (unpaired) electrons. The van der Waals surface area contributed by atoms with Gasteiger partial charge in [-0.25, -0.2) is 4.79 Å². The van der Waals surface area contributed by atoms with E-state index in [0.717, 1.165) is 23.1 Å². The molecule has 31 heavy (non-hydrogen) atoms. The average Bonchev–Trinajstić information content (AvgIpc) is 3.17. The largest absolute Gasteiger partial charge is 0.491 e. The third-order valence-electron chi connectivity index (χ3n) is 4.59. The lowest BCUT2D eigenvalue weighted by Gasteiger charge is -2.11. The van der Waals surface area contributed by atoms with Gasteiger partial charge in [0.15, 0.2) is 0 Å². The SMILES string of the molecule is CCCOc1ccc(C(=O)Nc2scc(-c3ccc(C)cc3)c2C(=O)OCC)cc1N. The molecule has 7 heteroatoms. The normalized spacial score (nSPS) is 10.5. The number of esters is 1. The molecule has 0 fully saturated rings. The monoisotopic (exact) mass is 438 g/mol. The number of thiophene rings is 1. The van der Waals surface area contributed by atoms with Crippen molar-refractivity contribution >= 4 is 33.9 Å². The minimum absolute atomic E-state index is 0.241. The van der Waals surface area contributed by atoms with Gasteiger partial charge in [-0.15, -0.1) is 11.3 Å². The number of nitrogens with two attached hydrogens (primary N) is 1. The molecule has 1 heterocycles. The zero-order valence-electron chi connectivity index (χ0n) is 17.9. The smallest absolute Gasteiger partial charge is 0.341 e. The van der Waals surface area contributed by atoms with Gasteiger partial charge in [0.05, 0.1) is 18.9 Å². The number of anilines is 2. The van der Waals surface area contributed by atoms with Crippen LogP contribution in [0.4, 0.5) is 10.7 Å². The molecular formula is C24H26N2O4S. The first-order valence-corrected chi connectivity index (χ1v) is 11.0. The van der Waals surface area contributed by atoms with E-state index in [2.05, 4.69) is 5.32 Å². The summed E-state index contributed by atoms with van der Waals surface area (Å²) in [4.78, 5) is 25.6. The minimum Gasteiger partial charge on any atom is -0.491 e. The number of aryl methyl sites for hydroxylation is 1. The number of carbonyl (C=O) groups is 2. The molecule has 0 saturated heterocycles. The standard InChI is InChI=1S/C24H26N2O4S/c1-4-12-30-20-11-10-17(13-19(20)25)22(27)26-23-21(24(28)29-5-2)18(14-31-23)16-8-6-15(3)7-9-16/h6-11,13-14H,4-5,12,25H2,1-3H3,(H,26,27). The van der Waals surface area contributed by atoms with Crippen LogP contribution >= 0.6 is 11.3 Å². The van der Waals surface area contributed by atoms with Crippen molar-refractivity contribution in [3.63, 3.8) is 0 Å². The highest BCUT2D eigenvalue weighted by atomic mass is 32.1. The number of amides is 1. The van der Waals surface area contributed by atoms with E-state index < -0.39 is 5.97 Å². The molecule has 0 saturated carbocycles. The summed E-state index contributed by atoms with van der Waals surface area (Å²) in [7, 11) is 0. The Hall–Kier alpha value is -3.32. The van der Waals surface area contributed by atoms with E-state index in [1.165, 1.54) is 11.3 Å².